The van der Waals surface area contributed by atoms with Crippen molar-refractivity contribution in [3.8, 4) is 0 Å². The molecule has 90 valence electrons. The molecule has 0 aliphatic carbocycles. The molecule has 0 saturated heterocycles. The van der Waals surface area contributed by atoms with Gasteiger partial charge in [0.15, 0.2) is 0 Å². The second-order valence-electron chi connectivity index (χ2n) is 4.08. The maximum absolute atomic E-state index is 2.35. The van der Waals surface area contributed by atoms with Crippen LogP contribution in [0.4, 0.5) is 0 Å². The van der Waals surface area contributed by atoms with Gasteiger partial charge in [-0.1, -0.05) is 38.9 Å². The third kappa shape index (κ3) is 4.89. The maximum atomic E-state index is 2.35. The van der Waals surface area contributed by atoms with E-state index in [1.165, 1.54) is 17.6 Å². The van der Waals surface area contributed by atoms with E-state index in [1.54, 1.807) is 0 Å². The van der Waals surface area contributed by atoms with Gasteiger partial charge >= 0.3 is 0 Å². The van der Waals surface area contributed by atoms with E-state index in [0.29, 0.717) is 0 Å². The maximum Gasteiger partial charge on any atom is 0.0387 e. The topological polar surface area (TPSA) is 6.48 Å². The molecule has 16 heavy (non-hydrogen) atoms. The molecule has 0 spiro atoms. The van der Waals surface area contributed by atoms with E-state index in [1.807, 2.05) is 0 Å². The molecule has 0 bridgehead atoms. The van der Waals surface area contributed by atoms with Crippen LogP contribution in [-0.4, -0.2) is 49.9 Å². The zero-order chi connectivity index (χ0) is 12.0. The lowest BCUT2D eigenvalue weighted by Crippen LogP contribution is -2.19. The van der Waals surface area contributed by atoms with E-state index in [9.17, 15) is 0 Å². The summed E-state index contributed by atoms with van der Waals surface area (Å²) in [6.45, 7) is 0. The fraction of sp³-hybridized carbons (Fsp3) is 0.500. The van der Waals surface area contributed by atoms with Crippen molar-refractivity contribution in [3.05, 3.63) is 30.3 Å². The highest BCUT2D eigenvalue weighted by Gasteiger charge is 2.12. The zero-order valence-corrected chi connectivity index (χ0v) is 12.5. The summed E-state index contributed by atoms with van der Waals surface area (Å²) in [7, 11) is 9.56. The highest BCUT2D eigenvalue weighted by Crippen LogP contribution is 2.40. The summed E-state index contributed by atoms with van der Waals surface area (Å²) in [5, 5.41) is 1.48. The van der Waals surface area contributed by atoms with Crippen molar-refractivity contribution < 1.29 is 0 Å². The Kier molecular flexibility index (Phi) is 6.46. The molecule has 1 atom stereocenters. The van der Waals surface area contributed by atoms with Crippen LogP contribution in [0, 0.1) is 0 Å². The van der Waals surface area contributed by atoms with E-state index < -0.39 is 0 Å². The summed E-state index contributed by atoms with van der Waals surface area (Å²) >= 11 is 0. The number of hydrogen-bond acceptors (Lipinski definition) is 2. The predicted molar refractivity (Wildman–Crippen MR) is 78.4 cm³/mol. The summed E-state index contributed by atoms with van der Waals surface area (Å²) in [6.07, 6.45) is 2.59. The Morgan fingerprint density at radius 3 is 2.06 bits per heavy atom. The van der Waals surface area contributed by atoms with Crippen molar-refractivity contribution >= 4 is 22.1 Å². The van der Waals surface area contributed by atoms with Gasteiger partial charge in [-0.2, -0.15) is 0 Å². The van der Waals surface area contributed by atoms with Crippen LogP contribution in [0.5, 0.6) is 0 Å². The lowest BCUT2D eigenvalue weighted by molar-refractivity contribution is 0.574. The average molecular weight is 256 g/mol. The van der Waals surface area contributed by atoms with Crippen LogP contribution in [0.2, 0.25) is 0 Å². The van der Waals surface area contributed by atoms with Crippen LogP contribution in [0.1, 0.15) is 0 Å². The Bertz CT molecular complexity index is 280. The van der Waals surface area contributed by atoms with E-state index in [4.69, 9.17) is 0 Å². The average Bonchev–Trinajstić information content (AvgIpc) is 2.24. The summed E-state index contributed by atoms with van der Waals surface area (Å²) in [5.74, 6) is 0. The molecule has 1 rings (SSSR count). The first-order valence-corrected chi connectivity index (χ1v) is 8.16. The summed E-state index contributed by atoms with van der Waals surface area (Å²) in [4.78, 5) is 0. The Morgan fingerprint density at radius 1 is 1.00 bits per heavy atom. The van der Waals surface area contributed by atoms with Gasteiger partial charge in [0.1, 0.15) is 0 Å². The Morgan fingerprint density at radius 2 is 1.56 bits per heavy atom. The molecule has 2 nitrogen and oxygen atoms in total. The van der Waals surface area contributed by atoms with Gasteiger partial charge in [-0.25, -0.2) is 0 Å². The summed E-state index contributed by atoms with van der Waals surface area (Å²) in [6, 6.07) is 10.8. The van der Waals surface area contributed by atoms with Crippen molar-refractivity contribution in [1.29, 1.82) is 0 Å². The van der Waals surface area contributed by atoms with Crippen molar-refractivity contribution in [1.82, 2.24) is 9.34 Å². The molecule has 4 heteroatoms. The molecule has 1 aromatic carbocycles. The predicted octanol–water partition coefficient (Wildman–Crippen LogP) is 2.43. The minimum absolute atomic E-state index is 0.101. The monoisotopic (exact) mass is 256 g/mol. The largest absolute Gasteiger partial charge is 0.276 e. The minimum atomic E-state index is -0.101. The normalized spacial score (nSPS) is 12.4. The highest BCUT2D eigenvalue weighted by molar-refractivity contribution is 7.54. The zero-order valence-electron chi connectivity index (χ0n) is 10.6. The molecule has 0 N–H and O–H groups in total. The molecule has 0 fully saturated rings. The third-order valence-corrected chi connectivity index (χ3v) is 6.47. The first-order chi connectivity index (χ1) is 7.61. The highest BCUT2D eigenvalue weighted by atomic mass is 31.1. The fourth-order valence-electron chi connectivity index (χ4n) is 1.61. The second-order valence-corrected chi connectivity index (χ2v) is 8.31. The molecule has 0 saturated carbocycles. The van der Waals surface area contributed by atoms with Crippen LogP contribution in [0.3, 0.4) is 0 Å². The van der Waals surface area contributed by atoms with Crippen LogP contribution in [0.25, 0.3) is 0 Å². The minimum Gasteiger partial charge on any atom is -0.276 e. The molecule has 0 aromatic heterocycles. The molecule has 0 heterocycles. The van der Waals surface area contributed by atoms with Crippen LogP contribution in [-0.2, 0) is 0 Å². The van der Waals surface area contributed by atoms with Gasteiger partial charge in [0.25, 0.3) is 0 Å². The molecule has 0 aliphatic heterocycles. The van der Waals surface area contributed by atoms with E-state index in [-0.39, 0.29) is 8.22 Å². The van der Waals surface area contributed by atoms with Gasteiger partial charge in [0.2, 0.25) is 0 Å². The Hall–Kier alpha value is 0.0000000000000000347. The van der Waals surface area contributed by atoms with Crippen molar-refractivity contribution in [2.24, 2.45) is 0 Å². The van der Waals surface area contributed by atoms with Gasteiger partial charge in [0.05, 0.1) is 0 Å². The van der Waals surface area contributed by atoms with Gasteiger partial charge in [-0.15, -0.1) is 0 Å². The van der Waals surface area contributed by atoms with Gasteiger partial charge < -0.3 is 0 Å². The molecule has 0 aliphatic rings. The summed E-state index contributed by atoms with van der Waals surface area (Å²) < 4.78 is 4.70. The molecule has 0 amide bonds. The molecular formula is C12H22N2P2. The van der Waals surface area contributed by atoms with E-state index >= 15 is 0 Å². The Labute approximate surface area is 103 Å². The number of nitrogens with zero attached hydrogens (tertiary/aromatic N) is 2. The number of benzene rings is 1. The second kappa shape index (κ2) is 7.35. The smallest absolute Gasteiger partial charge is 0.0387 e. The van der Waals surface area contributed by atoms with Crippen molar-refractivity contribution in [2.75, 3.05) is 40.5 Å². The van der Waals surface area contributed by atoms with Crippen LogP contribution < -0.4 is 5.30 Å². The lowest BCUT2D eigenvalue weighted by atomic mass is 10.4. The summed E-state index contributed by atoms with van der Waals surface area (Å²) in [5.41, 5.74) is 0. The fourth-order valence-corrected chi connectivity index (χ4v) is 5.09. The quantitative estimate of drug-likeness (QED) is 0.721. The van der Waals surface area contributed by atoms with Crippen molar-refractivity contribution in [2.45, 2.75) is 0 Å². The van der Waals surface area contributed by atoms with E-state index in [0.717, 1.165) is 8.58 Å². The number of rotatable bonds is 6. The molecular weight excluding hydrogens is 234 g/mol. The first kappa shape index (κ1) is 14.1. The van der Waals surface area contributed by atoms with Gasteiger partial charge in [-0.3, -0.25) is 9.34 Å². The Balaban J connectivity index is 2.34. The van der Waals surface area contributed by atoms with Crippen LogP contribution >= 0.6 is 16.8 Å². The number of hydrogen-bond donors (Lipinski definition) is 0. The van der Waals surface area contributed by atoms with Gasteiger partial charge in [-0.05, 0) is 45.8 Å². The molecule has 1 aromatic rings. The first-order valence-electron chi connectivity index (χ1n) is 5.52. The molecule has 0 radical (unpaired) electrons. The third-order valence-electron chi connectivity index (χ3n) is 2.34. The van der Waals surface area contributed by atoms with Crippen LogP contribution in [0.15, 0.2) is 30.3 Å². The standard InChI is InChI=1S/C12H22N2P2/c1-13(2)16(14(3)4)11-10-15-12-8-6-5-7-9-12/h5-9,15H,10-11H2,1-4H3. The molecule has 1 unspecified atom stereocenters. The van der Waals surface area contributed by atoms with Gasteiger partial charge in [0, 0.05) is 8.22 Å². The van der Waals surface area contributed by atoms with E-state index in [2.05, 4.69) is 67.9 Å². The SMILES string of the molecule is CN(C)P(CCPc1ccccc1)N(C)C. The van der Waals surface area contributed by atoms with Crippen molar-refractivity contribution in [3.63, 3.8) is 0 Å². The lowest BCUT2D eigenvalue weighted by Gasteiger charge is -2.30.